The molecule has 2 amide bonds. The number of amides is 2. The molecule has 1 N–H and O–H groups in total. The van der Waals surface area contributed by atoms with Crippen molar-refractivity contribution in [2.75, 3.05) is 4.90 Å². The number of benzene rings is 4. The Labute approximate surface area is 311 Å². The van der Waals surface area contributed by atoms with E-state index >= 15 is 9.59 Å². The van der Waals surface area contributed by atoms with Crippen LogP contribution in [-0.2, 0) is 31.2 Å². The number of aliphatic hydroxyl groups is 1. The number of rotatable bonds is 7. The minimum atomic E-state index is -1.41. The lowest BCUT2D eigenvalue weighted by Gasteiger charge is -2.54. The quantitative estimate of drug-likeness (QED) is 0.109. The molecule has 4 aromatic carbocycles. The van der Waals surface area contributed by atoms with Crippen LogP contribution in [0.4, 0.5) is 5.69 Å². The molecule has 2 heterocycles. The van der Waals surface area contributed by atoms with Crippen LogP contribution in [0.5, 0.6) is 0 Å². The predicted molar refractivity (Wildman–Crippen MR) is 200 cm³/mol. The summed E-state index contributed by atoms with van der Waals surface area (Å²) in [5.41, 5.74) is 2.30. The van der Waals surface area contributed by atoms with E-state index < -0.39 is 35.0 Å². The van der Waals surface area contributed by atoms with Gasteiger partial charge in [-0.05, 0) is 72.4 Å². The van der Waals surface area contributed by atoms with Crippen molar-refractivity contribution in [1.82, 2.24) is 0 Å². The van der Waals surface area contributed by atoms with Gasteiger partial charge in [0.25, 0.3) is 0 Å². The molecule has 0 bridgehead atoms. The number of aliphatic hydroxyl groups excluding tert-OH is 1. The fourth-order valence-corrected chi connectivity index (χ4v) is 9.59. The zero-order valence-corrected chi connectivity index (χ0v) is 29.1. The fourth-order valence-electron chi connectivity index (χ4n) is 9.59. The van der Waals surface area contributed by atoms with Crippen molar-refractivity contribution in [3.8, 4) is 0 Å². The van der Waals surface area contributed by atoms with Crippen LogP contribution in [0.25, 0.3) is 5.57 Å². The summed E-state index contributed by atoms with van der Waals surface area (Å²) in [5, 5.41) is 10.0. The molecule has 0 spiro atoms. The van der Waals surface area contributed by atoms with Gasteiger partial charge in [-0.25, -0.2) is 0 Å². The van der Waals surface area contributed by atoms with Crippen molar-refractivity contribution in [3.63, 3.8) is 0 Å². The lowest BCUT2D eigenvalue weighted by molar-refractivity contribution is -0.135. The van der Waals surface area contributed by atoms with Gasteiger partial charge in [0.2, 0.25) is 11.8 Å². The first-order valence-electron chi connectivity index (χ1n) is 18.2. The SMILES string of the molecule is O=C(c1ccccc1)c1ccc(N2C(=O)C3CC=C4C(CC5C(=O)C(c6ccccc6)=CC(=O)C5(c5ccccc5)C4c4ccc(CO)o4)C3C2=O)cc1. The molecule has 5 aromatic rings. The molecular weight excluding hydrogens is 679 g/mol. The minimum absolute atomic E-state index is 0.165. The highest BCUT2D eigenvalue weighted by Crippen LogP contribution is 2.63. The number of Topliss-reactive ketones (excluding diaryl/α,β-unsaturated/α-hetero) is 1. The zero-order valence-electron chi connectivity index (χ0n) is 29.1. The van der Waals surface area contributed by atoms with Gasteiger partial charge >= 0.3 is 0 Å². The van der Waals surface area contributed by atoms with Crippen molar-refractivity contribution < 1.29 is 33.5 Å². The first kappa shape index (κ1) is 33.6. The van der Waals surface area contributed by atoms with E-state index in [9.17, 15) is 19.5 Å². The fraction of sp³-hybridized carbons (Fsp3) is 0.196. The van der Waals surface area contributed by atoms with Crippen LogP contribution >= 0.6 is 0 Å². The minimum Gasteiger partial charge on any atom is -0.463 e. The summed E-state index contributed by atoms with van der Waals surface area (Å²) in [5.74, 6) is -4.35. The number of carbonyl (C=O) groups is 5. The normalized spacial score (nSPS) is 26.1. The van der Waals surface area contributed by atoms with Crippen LogP contribution in [0, 0.1) is 23.7 Å². The second-order valence-corrected chi connectivity index (χ2v) is 14.5. The third-order valence-corrected chi connectivity index (χ3v) is 11.9. The lowest BCUT2D eigenvalue weighted by Crippen LogP contribution is -2.58. The second-order valence-electron chi connectivity index (χ2n) is 14.5. The molecule has 3 aliphatic carbocycles. The zero-order chi connectivity index (χ0) is 37.1. The van der Waals surface area contributed by atoms with E-state index in [-0.39, 0.29) is 48.6 Å². The topological polar surface area (TPSA) is 122 Å². The van der Waals surface area contributed by atoms with Crippen LogP contribution in [0.1, 0.15) is 57.3 Å². The van der Waals surface area contributed by atoms with Gasteiger partial charge in [0, 0.05) is 22.6 Å². The molecule has 6 atom stereocenters. The summed E-state index contributed by atoms with van der Waals surface area (Å²) >= 11 is 0. The highest BCUT2D eigenvalue weighted by Gasteiger charge is 2.66. The number of ketones is 3. The lowest BCUT2D eigenvalue weighted by atomic mass is 9.45. The average molecular weight is 714 g/mol. The van der Waals surface area contributed by atoms with Crippen molar-refractivity contribution in [1.29, 1.82) is 0 Å². The molecule has 8 nitrogen and oxygen atoms in total. The third kappa shape index (κ3) is 4.97. The molecule has 8 heteroatoms. The van der Waals surface area contributed by atoms with E-state index in [4.69, 9.17) is 4.42 Å². The van der Waals surface area contributed by atoms with Crippen molar-refractivity contribution in [2.45, 2.75) is 30.8 Å². The van der Waals surface area contributed by atoms with Crippen LogP contribution in [0.2, 0.25) is 0 Å². The van der Waals surface area contributed by atoms with E-state index in [1.807, 2.05) is 72.8 Å². The Balaban J connectivity index is 1.16. The van der Waals surface area contributed by atoms with E-state index in [2.05, 4.69) is 0 Å². The van der Waals surface area contributed by atoms with E-state index in [0.29, 0.717) is 45.0 Å². The molecule has 266 valence electrons. The molecule has 4 aliphatic rings. The second kappa shape index (κ2) is 13.0. The van der Waals surface area contributed by atoms with Gasteiger partial charge in [0.05, 0.1) is 28.9 Å². The molecule has 2 fully saturated rings. The summed E-state index contributed by atoms with van der Waals surface area (Å²) < 4.78 is 6.26. The van der Waals surface area contributed by atoms with Gasteiger partial charge in [0.15, 0.2) is 17.3 Å². The molecule has 1 aliphatic heterocycles. The maximum Gasteiger partial charge on any atom is 0.238 e. The Hall–Kier alpha value is -6.25. The molecule has 1 saturated heterocycles. The summed E-state index contributed by atoms with van der Waals surface area (Å²) in [4.78, 5) is 73.3. The molecular formula is C46H35NO7. The number of hydrogen-bond donors (Lipinski definition) is 1. The number of allylic oxidation sites excluding steroid dienone is 4. The first-order valence-corrected chi connectivity index (χ1v) is 18.2. The number of hydrogen-bond acceptors (Lipinski definition) is 7. The van der Waals surface area contributed by atoms with Gasteiger partial charge < -0.3 is 9.52 Å². The Kier molecular flexibility index (Phi) is 8.08. The predicted octanol–water partition coefficient (Wildman–Crippen LogP) is 7.03. The Morgan fingerprint density at radius 2 is 1.39 bits per heavy atom. The summed E-state index contributed by atoms with van der Waals surface area (Å²) in [6, 6.07) is 37.2. The highest BCUT2D eigenvalue weighted by molar-refractivity contribution is 6.32. The summed E-state index contributed by atoms with van der Waals surface area (Å²) in [6.07, 6.45) is 3.87. The Bertz CT molecular complexity index is 2390. The number of furan rings is 1. The van der Waals surface area contributed by atoms with Crippen molar-refractivity contribution in [3.05, 3.63) is 179 Å². The standard InChI is InChI=1S/C46H35NO7/c48-26-32-20-23-38(54-32)41-33-21-22-34-40(45(53)47(44(34)52)31-18-16-29(17-19-31)42(50)28-12-6-2-7-13-28)36(33)24-37-43(51)35(27-10-4-1-5-11-27)25-39(49)46(37,41)30-14-8-3-9-15-30/h1-21,23,25,34,36-37,40-41,48H,22,24,26H2. The molecule has 9 rings (SSSR count). The Morgan fingerprint density at radius 3 is 2.06 bits per heavy atom. The average Bonchev–Trinajstić information content (AvgIpc) is 3.80. The maximum atomic E-state index is 15.1. The smallest absolute Gasteiger partial charge is 0.238 e. The van der Waals surface area contributed by atoms with E-state index in [1.165, 1.54) is 11.0 Å². The van der Waals surface area contributed by atoms with E-state index in [0.717, 1.165) is 5.57 Å². The third-order valence-electron chi connectivity index (χ3n) is 11.9. The number of nitrogens with zero attached hydrogens (tertiary/aromatic N) is 1. The number of carbonyl (C=O) groups excluding carboxylic acids is 5. The highest BCUT2D eigenvalue weighted by atomic mass is 16.4. The molecule has 6 unspecified atom stereocenters. The van der Waals surface area contributed by atoms with E-state index in [1.54, 1.807) is 60.7 Å². The van der Waals surface area contributed by atoms with Gasteiger partial charge in [0.1, 0.15) is 18.1 Å². The van der Waals surface area contributed by atoms with Crippen molar-refractivity contribution >= 4 is 40.4 Å². The molecule has 1 saturated carbocycles. The van der Waals surface area contributed by atoms with Crippen LogP contribution < -0.4 is 4.90 Å². The monoisotopic (exact) mass is 713 g/mol. The van der Waals surface area contributed by atoms with Crippen LogP contribution in [-0.4, -0.2) is 34.3 Å². The molecule has 0 radical (unpaired) electrons. The Morgan fingerprint density at radius 1 is 0.741 bits per heavy atom. The van der Waals surface area contributed by atoms with Crippen molar-refractivity contribution in [2.24, 2.45) is 23.7 Å². The molecule has 1 aromatic heterocycles. The first-order chi connectivity index (χ1) is 26.3. The van der Waals surface area contributed by atoms with Gasteiger partial charge in [-0.1, -0.05) is 103 Å². The van der Waals surface area contributed by atoms with Gasteiger partial charge in [-0.3, -0.25) is 28.9 Å². The number of fused-ring (bicyclic) bond motifs is 4. The summed E-state index contributed by atoms with van der Waals surface area (Å²) in [6.45, 7) is -0.357. The maximum absolute atomic E-state index is 15.1. The number of anilines is 1. The largest absolute Gasteiger partial charge is 0.463 e. The number of imide groups is 1. The molecule has 54 heavy (non-hydrogen) atoms. The summed E-state index contributed by atoms with van der Waals surface area (Å²) in [7, 11) is 0. The van der Waals surface area contributed by atoms with Gasteiger partial charge in [-0.2, -0.15) is 0 Å². The van der Waals surface area contributed by atoms with Crippen LogP contribution in [0.15, 0.2) is 150 Å². The van der Waals surface area contributed by atoms with Crippen LogP contribution in [0.3, 0.4) is 0 Å². The van der Waals surface area contributed by atoms with Gasteiger partial charge in [-0.15, -0.1) is 0 Å².